The molecule has 6 nitrogen and oxygen atoms in total. The number of amides is 2. The molecule has 0 radical (unpaired) electrons. The van der Waals surface area contributed by atoms with Crippen molar-refractivity contribution >= 4 is 6.03 Å². The van der Waals surface area contributed by atoms with Gasteiger partial charge in [0.15, 0.2) is 0 Å². The first kappa shape index (κ1) is 19.2. The highest BCUT2D eigenvalue weighted by atomic mass is 16.7. The molecule has 0 aliphatic carbocycles. The molecule has 22 heavy (non-hydrogen) atoms. The van der Waals surface area contributed by atoms with Crippen LogP contribution in [0.4, 0.5) is 4.79 Å². The van der Waals surface area contributed by atoms with Gasteiger partial charge in [-0.15, -0.1) is 0 Å². The average molecular weight is 315 g/mol. The number of nitrogens with two attached hydrogens (primary N) is 1. The molecular formula is C16H33N3O3. The van der Waals surface area contributed by atoms with E-state index in [1.165, 1.54) is 43.6 Å². The summed E-state index contributed by atoms with van der Waals surface area (Å²) in [5.74, 6) is 0. The number of rotatable bonds is 11. The van der Waals surface area contributed by atoms with Crippen molar-refractivity contribution in [3.05, 3.63) is 0 Å². The van der Waals surface area contributed by atoms with Gasteiger partial charge in [0.1, 0.15) is 6.61 Å². The molecule has 130 valence electrons. The Balaban J connectivity index is 2.17. The molecule has 1 unspecified atom stereocenters. The highest BCUT2D eigenvalue weighted by molar-refractivity contribution is 5.70. The minimum atomic E-state index is -0.583. The Bertz CT molecular complexity index is 296. The van der Waals surface area contributed by atoms with Crippen molar-refractivity contribution in [2.75, 3.05) is 32.8 Å². The van der Waals surface area contributed by atoms with E-state index in [4.69, 9.17) is 10.6 Å². The van der Waals surface area contributed by atoms with Gasteiger partial charge in [-0.05, 0) is 32.4 Å². The fraction of sp³-hybridized carbons (Fsp3) is 0.938. The van der Waals surface area contributed by atoms with Gasteiger partial charge in [-0.2, -0.15) is 0 Å². The van der Waals surface area contributed by atoms with Gasteiger partial charge in [-0.25, -0.2) is 9.86 Å². The van der Waals surface area contributed by atoms with Crippen LogP contribution in [0.2, 0.25) is 0 Å². The van der Waals surface area contributed by atoms with E-state index in [0.717, 1.165) is 25.9 Å². The van der Waals surface area contributed by atoms with Crippen molar-refractivity contribution in [1.82, 2.24) is 9.96 Å². The van der Waals surface area contributed by atoms with Crippen molar-refractivity contribution in [3.63, 3.8) is 0 Å². The molecule has 0 saturated carbocycles. The first-order chi connectivity index (χ1) is 10.6. The maximum absolute atomic E-state index is 11.4. The van der Waals surface area contributed by atoms with Crippen LogP contribution in [0.3, 0.4) is 0 Å². The van der Waals surface area contributed by atoms with Gasteiger partial charge in [-0.1, -0.05) is 39.0 Å². The number of hydrogen-bond donors (Lipinski definition) is 2. The lowest BCUT2D eigenvalue weighted by Gasteiger charge is -2.29. The first-order valence-electron chi connectivity index (χ1n) is 8.73. The van der Waals surface area contributed by atoms with Crippen LogP contribution in [-0.2, 0) is 4.84 Å². The number of aliphatic hydroxyl groups excluding tert-OH is 1. The Morgan fingerprint density at radius 2 is 1.91 bits per heavy atom. The summed E-state index contributed by atoms with van der Waals surface area (Å²) in [7, 11) is 0. The number of unbranched alkanes of at least 4 members (excludes halogenated alkanes) is 4. The maximum Gasteiger partial charge on any atom is 0.338 e. The predicted molar refractivity (Wildman–Crippen MR) is 87.3 cm³/mol. The van der Waals surface area contributed by atoms with Crippen LogP contribution in [0.5, 0.6) is 0 Å². The second kappa shape index (κ2) is 11.7. The Kier molecular flexibility index (Phi) is 10.2. The van der Waals surface area contributed by atoms with E-state index < -0.39 is 12.1 Å². The molecule has 1 rings (SSSR count). The molecule has 1 saturated heterocycles. The van der Waals surface area contributed by atoms with Crippen LogP contribution < -0.4 is 5.73 Å². The molecule has 3 N–H and O–H groups in total. The van der Waals surface area contributed by atoms with Crippen LogP contribution in [0.25, 0.3) is 0 Å². The number of hydroxylamine groups is 2. The van der Waals surface area contributed by atoms with Gasteiger partial charge in [0.25, 0.3) is 0 Å². The SMILES string of the molecule is CCCCCCCN(OCC(O)CN1CCCCC1)C(N)=O. The second-order valence-corrected chi connectivity index (χ2v) is 6.17. The Hall–Kier alpha value is -0.850. The van der Waals surface area contributed by atoms with Gasteiger partial charge in [0.2, 0.25) is 0 Å². The second-order valence-electron chi connectivity index (χ2n) is 6.17. The van der Waals surface area contributed by atoms with Crippen LogP contribution in [0.1, 0.15) is 58.3 Å². The van der Waals surface area contributed by atoms with E-state index in [1.54, 1.807) is 0 Å². The zero-order valence-corrected chi connectivity index (χ0v) is 14.0. The number of hydrogen-bond acceptors (Lipinski definition) is 4. The van der Waals surface area contributed by atoms with Gasteiger partial charge < -0.3 is 15.7 Å². The Labute approximate surface area is 134 Å². The van der Waals surface area contributed by atoms with E-state index in [-0.39, 0.29) is 6.61 Å². The normalized spacial score (nSPS) is 17.4. The summed E-state index contributed by atoms with van der Waals surface area (Å²) in [5, 5.41) is 11.2. The molecule has 1 heterocycles. The number of carbonyl (C=O) groups excluding carboxylic acids is 1. The molecule has 1 aliphatic rings. The van der Waals surface area contributed by atoms with Crippen LogP contribution in [-0.4, -0.2) is 60.0 Å². The number of piperidine rings is 1. The van der Waals surface area contributed by atoms with Crippen molar-refractivity contribution in [2.24, 2.45) is 5.73 Å². The molecule has 0 spiro atoms. The van der Waals surface area contributed by atoms with E-state index in [0.29, 0.717) is 13.1 Å². The average Bonchev–Trinajstić information content (AvgIpc) is 2.50. The highest BCUT2D eigenvalue weighted by Crippen LogP contribution is 2.09. The van der Waals surface area contributed by atoms with E-state index in [9.17, 15) is 9.90 Å². The number of urea groups is 1. The standard InChI is InChI=1S/C16H33N3O3/c1-2-3-4-5-9-12-19(16(17)21)22-14-15(20)13-18-10-7-6-8-11-18/h15,20H,2-14H2,1H3,(H2,17,21). The number of carbonyl (C=O) groups is 1. The van der Waals surface area contributed by atoms with Gasteiger partial charge in [-0.3, -0.25) is 4.84 Å². The van der Waals surface area contributed by atoms with Crippen LogP contribution in [0.15, 0.2) is 0 Å². The summed E-state index contributed by atoms with van der Waals surface area (Å²) in [6.07, 6.45) is 8.60. The van der Waals surface area contributed by atoms with Crippen LogP contribution >= 0.6 is 0 Å². The quantitative estimate of drug-likeness (QED) is 0.452. The highest BCUT2D eigenvalue weighted by Gasteiger charge is 2.17. The third kappa shape index (κ3) is 8.56. The summed E-state index contributed by atoms with van der Waals surface area (Å²) in [4.78, 5) is 19.0. The summed E-state index contributed by atoms with van der Waals surface area (Å²) in [6, 6.07) is -0.583. The first-order valence-corrected chi connectivity index (χ1v) is 8.73. The lowest BCUT2D eigenvalue weighted by molar-refractivity contribution is -0.143. The molecule has 6 heteroatoms. The van der Waals surface area contributed by atoms with E-state index in [1.807, 2.05) is 0 Å². The minimum absolute atomic E-state index is 0.119. The molecule has 0 aromatic heterocycles. The Morgan fingerprint density at radius 3 is 2.55 bits per heavy atom. The molecule has 1 atom stereocenters. The molecule has 1 fully saturated rings. The summed E-state index contributed by atoms with van der Waals surface area (Å²) >= 11 is 0. The van der Waals surface area contributed by atoms with Crippen LogP contribution in [0, 0.1) is 0 Å². The number of nitrogens with zero attached hydrogens (tertiary/aromatic N) is 2. The van der Waals surface area contributed by atoms with E-state index >= 15 is 0 Å². The number of primary amides is 1. The molecule has 2 amide bonds. The molecule has 0 bridgehead atoms. The largest absolute Gasteiger partial charge is 0.389 e. The predicted octanol–water partition coefficient (Wildman–Crippen LogP) is 2.12. The van der Waals surface area contributed by atoms with Gasteiger partial charge in [0.05, 0.1) is 12.6 Å². The van der Waals surface area contributed by atoms with Crippen molar-refractivity contribution < 1.29 is 14.7 Å². The Morgan fingerprint density at radius 1 is 1.23 bits per heavy atom. The summed E-state index contributed by atoms with van der Waals surface area (Å²) in [5.41, 5.74) is 5.32. The van der Waals surface area contributed by atoms with Crippen molar-refractivity contribution in [1.29, 1.82) is 0 Å². The zero-order valence-electron chi connectivity index (χ0n) is 14.0. The van der Waals surface area contributed by atoms with Crippen molar-refractivity contribution in [3.8, 4) is 0 Å². The number of likely N-dealkylation sites (tertiary alicyclic amines) is 1. The van der Waals surface area contributed by atoms with Gasteiger partial charge in [0, 0.05) is 6.54 Å². The van der Waals surface area contributed by atoms with Crippen molar-refractivity contribution in [2.45, 2.75) is 64.4 Å². The lowest BCUT2D eigenvalue weighted by Crippen LogP contribution is -2.42. The third-order valence-corrected chi connectivity index (χ3v) is 4.05. The third-order valence-electron chi connectivity index (χ3n) is 4.05. The molecular weight excluding hydrogens is 282 g/mol. The summed E-state index contributed by atoms with van der Waals surface area (Å²) < 4.78 is 0. The van der Waals surface area contributed by atoms with Gasteiger partial charge >= 0.3 is 6.03 Å². The monoisotopic (exact) mass is 315 g/mol. The maximum atomic E-state index is 11.4. The topological polar surface area (TPSA) is 79.0 Å². The zero-order chi connectivity index (χ0) is 16.2. The fourth-order valence-corrected chi connectivity index (χ4v) is 2.77. The number of β-amino-alcohol motifs (C(OH)–C–C–N with tert-alkyl or cyclic N) is 1. The molecule has 0 aromatic carbocycles. The number of aliphatic hydroxyl groups is 1. The fourth-order valence-electron chi connectivity index (χ4n) is 2.77. The lowest BCUT2D eigenvalue weighted by atomic mass is 10.1. The molecule has 1 aliphatic heterocycles. The summed E-state index contributed by atoms with van der Waals surface area (Å²) in [6.45, 7) is 5.46. The minimum Gasteiger partial charge on any atom is -0.389 e. The smallest absolute Gasteiger partial charge is 0.338 e. The van der Waals surface area contributed by atoms with E-state index in [2.05, 4.69) is 11.8 Å². The molecule has 0 aromatic rings.